The SMILES string of the molecule is CNCCCN(C)CC(=O)NNC(=O)c1ccccc1. The van der Waals surface area contributed by atoms with E-state index >= 15 is 0 Å². The average molecular weight is 278 g/mol. The summed E-state index contributed by atoms with van der Waals surface area (Å²) in [6, 6.07) is 8.74. The van der Waals surface area contributed by atoms with Gasteiger partial charge >= 0.3 is 0 Å². The van der Waals surface area contributed by atoms with Crippen LogP contribution in [-0.4, -0.2) is 50.4 Å². The molecular formula is C14H22N4O2. The Morgan fingerprint density at radius 3 is 2.50 bits per heavy atom. The first-order valence-corrected chi connectivity index (χ1v) is 6.61. The Morgan fingerprint density at radius 2 is 1.85 bits per heavy atom. The maximum Gasteiger partial charge on any atom is 0.269 e. The van der Waals surface area contributed by atoms with Crippen LogP contribution in [0.4, 0.5) is 0 Å². The van der Waals surface area contributed by atoms with Crippen LogP contribution in [0, 0.1) is 0 Å². The predicted octanol–water partition coefficient (Wildman–Crippen LogP) is -0.0111. The lowest BCUT2D eigenvalue weighted by molar-refractivity contribution is -0.122. The summed E-state index contributed by atoms with van der Waals surface area (Å²) in [5.41, 5.74) is 5.31. The van der Waals surface area contributed by atoms with E-state index in [1.807, 2.05) is 25.1 Å². The number of hydrogen-bond donors (Lipinski definition) is 3. The summed E-state index contributed by atoms with van der Waals surface area (Å²) in [5, 5.41) is 3.05. The van der Waals surface area contributed by atoms with Gasteiger partial charge in [0.2, 0.25) is 0 Å². The first kappa shape index (κ1) is 16.1. The van der Waals surface area contributed by atoms with Gasteiger partial charge in [0.15, 0.2) is 0 Å². The normalized spacial score (nSPS) is 10.3. The van der Waals surface area contributed by atoms with Crippen LogP contribution < -0.4 is 16.2 Å². The van der Waals surface area contributed by atoms with Crippen molar-refractivity contribution in [3.63, 3.8) is 0 Å². The Labute approximate surface area is 119 Å². The number of nitrogens with one attached hydrogen (secondary N) is 3. The fourth-order valence-electron chi connectivity index (χ4n) is 1.68. The topological polar surface area (TPSA) is 73.5 Å². The zero-order chi connectivity index (χ0) is 14.8. The molecule has 0 saturated heterocycles. The van der Waals surface area contributed by atoms with Gasteiger partial charge in [0.05, 0.1) is 6.54 Å². The first-order chi connectivity index (χ1) is 9.63. The molecule has 0 atom stereocenters. The molecule has 1 rings (SSSR count). The van der Waals surface area contributed by atoms with E-state index in [9.17, 15) is 9.59 Å². The van der Waals surface area contributed by atoms with Crippen LogP contribution in [0.2, 0.25) is 0 Å². The number of hydrogen-bond acceptors (Lipinski definition) is 4. The second-order valence-electron chi connectivity index (χ2n) is 4.56. The number of benzene rings is 1. The molecule has 0 fully saturated rings. The predicted molar refractivity (Wildman–Crippen MR) is 78.1 cm³/mol. The Kier molecular flexibility index (Phi) is 7.31. The van der Waals surface area contributed by atoms with Gasteiger partial charge in [-0.2, -0.15) is 0 Å². The monoisotopic (exact) mass is 278 g/mol. The third kappa shape index (κ3) is 6.31. The van der Waals surface area contributed by atoms with E-state index in [1.54, 1.807) is 24.3 Å². The smallest absolute Gasteiger partial charge is 0.269 e. The average Bonchev–Trinajstić information content (AvgIpc) is 2.46. The molecule has 20 heavy (non-hydrogen) atoms. The van der Waals surface area contributed by atoms with Gasteiger partial charge in [0.1, 0.15) is 0 Å². The van der Waals surface area contributed by atoms with Crippen LogP contribution in [0.1, 0.15) is 16.8 Å². The van der Waals surface area contributed by atoms with Crippen molar-refractivity contribution in [1.82, 2.24) is 21.1 Å². The molecular weight excluding hydrogens is 256 g/mol. The number of likely N-dealkylation sites (N-methyl/N-ethyl adjacent to an activating group) is 1. The molecule has 0 bridgehead atoms. The summed E-state index contributed by atoms with van der Waals surface area (Å²) in [7, 11) is 3.76. The molecule has 0 saturated carbocycles. The van der Waals surface area contributed by atoms with Gasteiger partial charge in [0.25, 0.3) is 11.8 Å². The molecule has 1 aromatic carbocycles. The largest absolute Gasteiger partial charge is 0.320 e. The molecule has 0 spiro atoms. The minimum atomic E-state index is -0.322. The van der Waals surface area contributed by atoms with E-state index < -0.39 is 0 Å². The Bertz CT molecular complexity index is 422. The minimum absolute atomic E-state index is 0.235. The Balaban J connectivity index is 2.24. The van der Waals surface area contributed by atoms with Crippen molar-refractivity contribution in [3.05, 3.63) is 35.9 Å². The molecule has 0 unspecified atom stereocenters. The van der Waals surface area contributed by atoms with E-state index in [-0.39, 0.29) is 18.4 Å². The molecule has 1 aromatic rings. The second-order valence-corrected chi connectivity index (χ2v) is 4.56. The van der Waals surface area contributed by atoms with Gasteiger partial charge in [-0.3, -0.25) is 25.3 Å². The van der Waals surface area contributed by atoms with Gasteiger partial charge in [-0.15, -0.1) is 0 Å². The minimum Gasteiger partial charge on any atom is -0.320 e. The highest BCUT2D eigenvalue weighted by Crippen LogP contribution is 1.96. The van der Waals surface area contributed by atoms with E-state index in [0.717, 1.165) is 19.5 Å². The highest BCUT2D eigenvalue weighted by Gasteiger charge is 2.08. The quantitative estimate of drug-likeness (QED) is 0.484. The summed E-state index contributed by atoms with van der Waals surface area (Å²) in [6.07, 6.45) is 0.969. The highest BCUT2D eigenvalue weighted by molar-refractivity contribution is 5.95. The fourth-order valence-corrected chi connectivity index (χ4v) is 1.68. The molecule has 3 N–H and O–H groups in total. The van der Waals surface area contributed by atoms with Crippen molar-refractivity contribution in [2.24, 2.45) is 0 Å². The number of carbonyl (C=O) groups excluding carboxylic acids is 2. The van der Waals surface area contributed by atoms with Gasteiger partial charge in [-0.05, 0) is 45.7 Å². The van der Waals surface area contributed by atoms with E-state index in [1.165, 1.54) is 0 Å². The molecule has 110 valence electrons. The third-order valence-electron chi connectivity index (χ3n) is 2.73. The molecule has 0 heterocycles. The fraction of sp³-hybridized carbons (Fsp3) is 0.429. The van der Waals surface area contributed by atoms with Crippen LogP contribution in [0.15, 0.2) is 30.3 Å². The standard InChI is InChI=1S/C14H22N4O2/c1-15-9-6-10-18(2)11-13(19)16-17-14(20)12-7-4-3-5-8-12/h3-5,7-8,15H,6,9-11H2,1-2H3,(H,16,19)(H,17,20). The van der Waals surface area contributed by atoms with Crippen molar-refractivity contribution in [1.29, 1.82) is 0 Å². The molecule has 0 aliphatic rings. The van der Waals surface area contributed by atoms with Crippen molar-refractivity contribution in [3.8, 4) is 0 Å². The van der Waals surface area contributed by atoms with Crippen LogP contribution >= 0.6 is 0 Å². The first-order valence-electron chi connectivity index (χ1n) is 6.61. The number of nitrogens with zero attached hydrogens (tertiary/aromatic N) is 1. The maximum absolute atomic E-state index is 11.7. The van der Waals surface area contributed by atoms with E-state index in [0.29, 0.717) is 5.56 Å². The molecule has 0 radical (unpaired) electrons. The van der Waals surface area contributed by atoms with Gasteiger partial charge in [0, 0.05) is 5.56 Å². The lowest BCUT2D eigenvalue weighted by Crippen LogP contribution is -2.46. The van der Waals surface area contributed by atoms with Crippen LogP contribution in [0.5, 0.6) is 0 Å². The summed E-state index contributed by atoms with van der Waals surface area (Å²) in [4.78, 5) is 25.2. The zero-order valence-corrected chi connectivity index (χ0v) is 12.0. The van der Waals surface area contributed by atoms with Crippen molar-refractivity contribution in [2.45, 2.75) is 6.42 Å². The Morgan fingerprint density at radius 1 is 1.15 bits per heavy atom. The Hall–Kier alpha value is -1.92. The molecule has 0 aliphatic heterocycles. The van der Waals surface area contributed by atoms with Crippen LogP contribution in [0.3, 0.4) is 0 Å². The van der Waals surface area contributed by atoms with Gasteiger partial charge in [-0.25, -0.2) is 0 Å². The molecule has 2 amide bonds. The maximum atomic E-state index is 11.7. The molecule has 0 aromatic heterocycles. The van der Waals surface area contributed by atoms with E-state index in [4.69, 9.17) is 0 Å². The number of carbonyl (C=O) groups is 2. The van der Waals surface area contributed by atoms with E-state index in [2.05, 4.69) is 16.2 Å². The second kappa shape index (κ2) is 9.06. The summed E-state index contributed by atoms with van der Waals surface area (Å²) < 4.78 is 0. The van der Waals surface area contributed by atoms with Crippen molar-refractivity contribution < 1.29 is 9.59 Å². The molecule has 6 heteroatoms. The highest BCUT2D eigenvalue weighted by atomic mass is 16.2. The molecule has 6 nitrogen and oxygen atoms in total. The summed E-state index contributed by atoms with van der Waals surface area (Å²) >= 11 is 0. The molecule has 0 aliphatic carbocycles. The van der Waals surface area contributed by atoms with Crippen LogP contribution in [-0.2, 0) is 4.79 Å². The van der Waals surface area contributed by atoms with Crippen LogP contribution in [0.25, 0.3) is 0 Å². The van der Waals surface area contributed by atoms with Gasteiger partial charge < -0.3 is 5.32 Å². The number of amides is 2. The van der Waals surface area contributed by atoms with Crippen molar-refractivity contribution in [2.75, 3.05) is 33.7 Å². The van der Waals surface area contributed by atoms with Crippen molar-refractivity contribution >= 4 is 11.8 Å². The summed E-state index contributed by atoms with van der Waals surface area (Å²) in [5.74, 6) is -0.557. The zero-order valence-electron chi connectivity index (χ0n) is 12.0. The lowest BCUT2D eigenvalue weighted by atomic mass is 10.2. The number of rotatable bonds is 7. The van der Waals surface area contributed by atoms with Gasteiger partial charge in [-0.1, -0.05) is 18.2 Å². The lowest BCUT2D eigenvalue weighted by Gasteiger charge is -2.16. The third-order valence-corrected chi connectivity index (χ3v) is 2.73. The summed E-state index contributed by atoms with van der Waals surface area (Å²) in [6.45, 7) is 1.98. The number of hydrazine groups is 1.